The summed E-state index contributed by atoms with van der Waals surface area (Å²) in [6.45, 7) is 4.97. The van der Waals surface area contributed by atoms with Crippen LogP contribution in [0.4, 0.5) is 0 Å². The van der Waals surface area contributed by atoms with Gasteiger partial charge in [0.15, 0.2) is 0 Å². The molecular weight excluding hydrogens is 244 g/mol. The van der Waals surface area contributed by atoms with Gasteiger partial charge in [-0.05, 0) is 25.8 Å². The zero-order chi connectivity index (χ0) is 14.4. The Morgan fingerprint density at radius 2 is 2.16 bits per heavy atom. The zero-order valence-electron chi connectivity index (χ0n) is 12.1. The summed E-state index contributed by atoms with van der Waals surface area (Å²) >= 11 is 0. The van der Waals surface area contributed by atoms with Gasteiger partial charge in [0.2, 0.25) is 5.91 Å². The summed E-state index contributed by atoms with van der Waals surface area (Å²) in [4.78, 5) is 26.6. The van der Waals surface area contributed by atoms with Gasteiger partial charge in [0.05, 0.1) is 12.5 Å². The molecule has 0 fully saturated rings. The molecule has 0 aromatic carbocycles. The van der Waals surface area contributed by atoms with Gasteiger partial charge in [-0.3, -0.25) is 14.5 Å². The molecule has 108 valence electrons. The van der Waals surface area contributed by atoms with Crippen LogP contribution in [-0.4, -0.2) is 53.5 Å². The fourth-order valence-corrected chi connectivity index (χ4v) is 2.19. The lowest BCUT2D eigenvalue weighted by atomic mass is 10.1. The van der Waals surface area contributed by atoms with E-state index in [1.54, 1.807) is 18.9 Å². The van der Waals surface area contributed by atoms with E-state index < -0.39 is 11.9 Å². The van der Waals surface area contributed by atoms with Crippen LogP contribution in [-0.2, 0) is 9.59 Å². The first kappa shape index (κ1) is 15.7. The van der Waals surface area contributed by atoms with Crippen molar-refractivity contribution in [3.8, 4) is 0 Å². The van der Waals surface area contributed by atoms with Crippen molar-refractivity contribution >= 4 is 11.9 Å². The monoisotopic (exact) mass is 268 g/mol. The van der Waals surface area contributed by atoms with Crippen LogP contribution >= 0.6 is 0 Å². The van der Waals surface area contributed by atoms with Gasteiger partial charge in [-0.15, -0.1) is 0 Å². The van der Waals surface area contributed by atoms with Crippen molar-refractivity contribution < 1.29 is 14.7 Å². The van der Waals surface area contributed by atoms with Crippen LogP contribution in [0, 0.1) is 5.92 Å². The predicted molar refractivity (Wildman–Crippen MR) is 73.6 cm³/mol. The number of carbonyl (C=O) groups is 2. The summed E-state index contributed by atoms with van der Waals surface area (Å²) in [5, 5.41) is 8.91. The molecule has 5 heteroatoms. The van der Waals surface area contributed by atoms with Crippen molar-refractivity contribution in [2.45, 2.75) is 33.1 Å². The van der Waals surface area contributed by atoms with Crippen molar-refractivity contribution in [2.24, 2.45) is 5.92 Å². The smallest absolute Gasteiger partial charge is 0.307 e. The van der Waals surface area contributed by atoms with E-state index in [-0.39, 0.29) is 12.5 Å². The van der Waals surface area contributed by atoms with E-state index in [2.05, 4.69) is 6.08 Å². The molecule has 0 saturated heterocycles. The zero-order valence-corrected chi connectivity index (χ0v) is 12.1. The van der Waals surface area contributed by atoms with E-state index in [9.17, 15) is 9.59 Å². The average Bonchev–Trinajstić information content (AvgIpc) is 2.90. The Labute approximate surface area is 114 Å². The number of rotatable bonds is 7. The molecule has 1 amide bonds. The van der Waals surface area contributed by atoms with Gasteiger partial charge in [0, 0.05) is 19.3 Å². The second kappa shape index (κ2) is 7.28. The highest BCUT2D eigenvalue weighted by atomic mass is 16.4. The van der Waals surface area contributed by atoms with Crippen molar-refractivity contribution in [1.82, 2.24) is 9.80 Å². The normalized spacial score (nSPS) is 16.3. The van der Waals surface area contributed by atoms with Crippen LogP contribution in [0.3, 0.4) is 0 Å². The highest BCUT2D eigenvalue weighted by Crippen LogP contribution is 2.20. The molecule has 0 spiro atoms. The fraction of sp³-hybridized carbons (Fsp3) is 0.714. The minimum Gasteiger partial charge on any atom is -0.481 e. The number of hydrogen-bond acceptors (Lipinski definition) is 3. The molecule has 1 aliphatic carbocycles. The molecule has 19 heavy (non-hydrogen) atoms. The number of hydrogen-bond donors (Lipinski definition) is 1. The summed E-state index contributed by atoms with van der Waals surface area (Å²) in [6.07, 6.45) is 5.22. The van der Waals surface area contributed by atoms with Crippen LogP contribution in [0.1, 0.15) is 33.1 Å². The van der Waals surface area contributed by atoms with E-state index in [4.69, 9.17) is 5.11 Å². The third-order valence-corrected chi connectivity index (χ3v) is 3.58. The Hall–Kier alpha value is -1.36. The molecule has 1 aliphatic rings. The Balaban J connectivity index is 2.50. The SMILES string of the molecule is CCN(CC(=O)N(C)C1=CCCC1)CC(C)C(=O)O. The second-order valence-electron chi connectivity index (χ2n) is 5.11. The highest BCUT2D eigenvalue weighted by Gasteiger charge is 2.21. The topological polar surface area (TPSA) is 60.9 Å². The van der Waals surface area contributed by atoms with Gasteiger partial charge in [-0.25, -0.2) is 0 Å². The molecule has 1 unspecified atom stereocenters. The van der Waals surface area contributed by atoms with Crippen LogP contribution in [0.15, 0.2) is 11.8 Å². The quantitative estimate of drug-likeness (QED) is 0.761. The Morgan fingerprint density at radius 1 is 1.47 bits per heavy atom. The second-order valence-corrected chi connectivity index (χ2v) is 5.11. The summed E-state index contributed by atoms with van der Waals surface area (Å²) in [6, 6.07) is 0. The lowest BCUT2D eigenvalue weighted by molar-refractivity contribution is -0.142. The molecule has 0 radical (unpaired) electrons. The van der Waals surface area contributed by atoms with Crippen LogP contribution in [0.25, 0.3) is 0 Å². The summed E-state index contributed by atoms with van der Waals surface area (Å²) in [7, 11) is 1.80. The van der Waals surface area contributed by atoms with Crippen molar-refractivity contribution in [1.29, 1.82) is 0 Å². The molecule has 0 saturated carbocycles. The van der Waals surface area contributed by atoms with Crippen molar-refractivity contribution in [2.75, 3.05) is 26.7 Å². The van der Waals surface area contributed by atoms with E-state index in [0.717, 1.165) is 25.0 Å². The molecule has 0 heterocycles. The molecule has 1 rings (SSSR count). The first-order valence-electron chi connectivity index (χ1n) is 6.86. The van der Waals surface area contributed by atoms with E-state index >= 15 is 0 Å². The maximum atomic E-state index is 12.1. The molecule has 0 bridgehead atoms. The van der Waals surface area contributed by atoms with Gasteiger partial charge in [-0.1, -0.05) is 19.9 Å². The number of carboxylic acids is 1. The molecule has 0 aromatic rings. The molecule has 1 N–H and O–H groups in total. The summed E-state index contributed by atoms with van der Waals surface area (Å²) in [5.74, 6) is -1.24. The molecule has 5 nitrogen and oxygen atoms in total. The number of likely N-dealkylation sites (N-methyl/N-ethyl adjacent to an activating group) is 2. The maximum absolute atomic E-state index is 12.1. The minimum atomic E-state index is -0.822. The number of allylic oxidation sites excluding steroid dienone is 2. The third-order valence-electron chi connectivity index (χ3n) is 3.58. The summed E-state index contributed by atoms with van der Waals surface area (Å²) in [5.41, 5.74) is 1.09. The first-order valence-corrected chi connectivity index (χ1v) is 6.86. The standard InChI is InChI=1S/C14H24N2O3/c1-4-16(9-11(2)14(18)19)10-13(17)15(3)12-7-5-6-8-12/h7,11H,4-6,8-10H2,1-3H3,(H,18,19). The van der Waals surface area contributed by atoms with Gasteiger partial charge < -0.3 is 10.0 Å². The van der Waals surface area contributed by atoms with E-state index in [0.29, 0.717) is 13.1 Å². The van der Waals surface area contributed by atoms with Gasteiger partial charge in [0.1, 0.15) is 0 Å². The number of aliphatic carboxylic acids is 1. The Kier molecular flexibility index (Phi) is 6.02. The lowest BCUT2D eigenvalue weighted by Crippen LogP contribution is -2.40. The number of nitrogens with zero attached hydrogens (tertiary/aromatic N) is 2. The first-order chi connectivity index (χ1) is 8.95. The van der Waals surface area contributed by atoms with E-state index in [1.807, 2.05) is 11.8 Å². The van der Waals surface area contributed by atoms with Gasteiger partial charge >= 0.3 is 5.97 Å². The van der Waals surface area contributed by atoms with Gasteiger partial charge in [0.25, 0.3) is 0 Å². The number of carboxylic acid groups (broad SMARTS) is 1. The van der Waals surface area contributed by atoms with Crippen LogP contribution in [0.5, 0.6) is 0 Å². The van der Waals surface area contributed by atoms with E-state index in [1.165, 1.54) is 0 Å². The number of carbonyl (C=O) groups excluding carboxylic acids is 1. The lowest BCUT2D eigenvalue weighted by Gasteiger charge is -2.25. The van der Waals surface area contributed by atoms with Crippen LogP contribution < -0.4 is 0 Å². The fourth-order valence-electron chi connectivity index (χ4n) is 2.19. The average molecular weight is 268 g/mol. The molecule has 1 atom stereocenters. The third kappa shape index (κ3) is 4.67. The van der Waals surface area contributed by atoms with Gasteiger partial charge in [-0.2, -0.15) is 0 Å². The highest BCUT2D eigenvalue weighted by molar-refractivity contribution is 5.80. The van der Waals surface area contributed by atoms with Crippen molar-refractivity contribution in [3.05, 3.63) is 11.8 Å². The largest absolute Gasteiger partial charge is 0.481 e. The Bertz CT molecular complexity index is 366. The van der Waals surface area contributed by atoms with Crippen LogP contribution in [0.2, 0.25) is 0 Å². The van der Waals surface area contributed by atoms with Crippen molar-refractivity contribution in [3.63, 3.8) is 0 Å². The molecule has 0 aromatic heterocycles. The predicted octanol–water partition coefficient (Wildman–Crippen LogP) is 1.56. The minimum absolute atomic E-state index is 0.0348. The summed E-state index contributed by atoms with van der Waals surface area (Å²) < 4.78 is 0. The molecule has 0 aliphatic heterocycles. The maximum Gasteiger partial charge on any atom is 0.307 e. The molecular formula is C14H24N2O3. The Morgan fingerprint density at radius 3 is 2.63 bits per heavy atom. The number of amides is 1.